The second kappa shape index (κ2) is 7.77. The molecule has 0 bridgehead atoms. The van der Waals surface area contributed by atoms with Gasteiger partial charge in [0.05, 0.1) is 17.2 Å². The average Bonchev–Trinajstić information content (AvgIpc) is 3.44. The molecule has 1 fully saturated rings. The van der Waals surface area contributed by atoms with Crippen LogP contribution in [-0.2, 0) is 9.59 Å². The van der Waals surface area contributed by atoms with Gasteiger partial charge < -0.3 is 10.6 Å². The summed E-state index contributed by atoms with van der Waals surface area (Å²) >= 11 is 6.15. The minimum Gasteiger partial charge on any atom is -0.347 e. The van der Waals surface area contributed by atoms with Crippen molar-refractivity contribution < 1.29 is 27.2 Å². The monoisotopic (exact) mass is 468 g/mol. The predicted octanol–water partition coefficient (Wildman–Crippen LogP) is 4.21. The second-order valence-corrected chi connectivity index (χ2v) is 8.01. The summed E-state index contributed by atoms with van der Waals surface area (Å²) < 4.78 is 53.9. The highest BCUT2D eigenvalue weighted by Crippen LogP contribution is 2.37. The summed E-state index contributed by atoms with van der Waals surface area (Å²) in [4.78, 5) is 23.7. The molecule has 11 heteroatoms. The number of benzene rings is 2. The lowest BCUT2D eigenvalue weighted by Gasteiger charge is -2.22. The predicted molar refractivity (Wildman–Crippen MR) is 109 cm³/mol. The number of carbonyl (C=O) groups excluding carboxylic acids is 2. The Labute approximate surface area is 184 Å². The van der Waals surface area contributed by atoms with Crippen molar-refractivity contribution >= 4 is 34.3 Å². The molecule has 4 rings (SSSR count). The lowest BCUT2D eigenvalue weighted by Crippen LogP contribution is -2.53. The molecule has 168 valence electrons. The third-order valence-corrected chi connectivity index (χ3v) is 5.66. The van der Waals surface area contributed by atoms with Crippen molar-refractivity contribution in [2.45, 2.75) is 37.5 Å². The highest BCUT2D eigenvalue weighted by molar-refractivity contribution is 6.34. The Kier molecular flexibility index (Phi) is 5.36. The van der Waals surface area contributed by atoms with Crippen LogP contribution in [0.25, 0.3) is 16.6 Å². The summed E-state index contributed by atoms with van der Waals surface area (Å²) in [5, 5.41) is 9.41. The first-order valence-electron chi connectivity index (χ1n) is 9.65. The van der Waals surface area contributed by atoms with Crippen molar-refractivity contribution in [3.8, 4) is 5.69 Å². The van der Waals surface area contributed by atoms with E-state index in [1.165, 1.54) is 23.7 Å². The van der Waals surface area contributed by atoms with Crippen LogP contribution < -0.4 is 10.6 Å². The number of hydrogen-bond acceptors (Lipinski definition) is 3. The number of amides is 2. The second-order valence-electron chi connectivity index (χ2n) is 7.65. The van der Waals surface area contributed by atoms with Gasteiger partial charge in [-0.05, 0) is 44.0 Å². The van der Waals surface area contributed by atoms with Crippen molar-refractivity contribution in [1.82, 2.24) is 20.4 Å². The van der Waals surface area contributed by atoms with E-state index in [1.54, 1.807) is 35.6 Å². The maximum absolute atomic E-state index is 14.9. The lowest BCUT2D eigenvalue weighted by molar-refractivity contribution is -0.175. The maximum atomic E-state index is 14.9. The molecular formula is C21H17ClF4N4O2. The van der Waals surface area contributed by atoms with E-state index in [9.17, 15) is 27.2 Å². The van der Waals surface area contributed by atoms with Crippen molar-refractivity contribution in [1.29, 1.82) is 0 Å². The first-order valence-corrected chi connectivity index (χ1v) is 10.0. The van der Waals surface area contributed by atoms with Crippen LogP contribution >= 0.6 is 11.6 Å². The Morgan fingerprint density at radius 3 is 2.50 bits per heavy atom. The summed E-state index contributed by atoms with van der Waals surface area (Å²) in [6.07, 6.45) is -4.95. The molecule has 1 atom stereocenters. The van der Waals surface area contributed by atoms with Crippen molar-refractivity contribution in [2.75, 3.05) is 0 Å². The zero-order valence-electron chi connectivity index (χ0n) is 16.6. The SMILES string of the molecule is C[C@@H](NC(=O)C1(NC(=O)C(F)(F)F)CC1)c1ccc(-n2nc(Cl)c3ccccc32)cc1F. The number of carbonyl (C=O) groups is 2. The number of nitrogens with zero attached hydrogens (tertiary/aromatic N) is 2. The summed E-state index contributed by atoms with van der Waals surface area (Å²) in [6, 6.07) is 10.6. The molecule has 1 aliphatic carbocycles. The summed E-state index contributed by atoms with van der Waals surface area (Å²) in [5.41, 5.74) is -0.407. The zero-order chi connectivity index (χ0) is 23.3. The Balaban J connectivity index is 1.52. The van der Waals surface area contributed by atoms with Crippen molar-refractivity contribution in [2.24, 2.45) is 0 Å². The molecule has 1 heterocycles. The third-order valence-electron chi connectivity index (χ3n) is 5.38. The van der Waals surface area contributed by atoms with Gasteiger partial charge >= 0.3 is 12.1 Å². The van der Waals surface area contributed by atoms with Crippen molar-refractivity contribution in [3.63, 3.8) is 0 Å². The lowest BCUT2D eigenvalue weighted by atomic mass is 10.1. The van der Waals surface area contributed by atoms with Crippen LogP contribution in [0, 0.1) is 5.82 Å². The van der Waals surface area contributed by atoms with E-state index in [0.717, 1.165) is 0 Å². The molecule has 2 aromatic carbocycles. The van der Waals surface area contributed by atoms with Gasteiger partial charge in [-0.2, -0.15) is 18.3 Å². The first kappa shape index (κ1) is 22.1. The van der Waals surface area contributed by atoms with Gasteiger partial charge in [-0.15, -0.1) is 0 Å². The number of rotatable bonds is 5. The normalized spacial score (nSPS) is 15.9. The van der Waals surface area contributed by atoms with Crippen LogP contribution in [0.1, 0.15) is 31.4 Å². The van der Waals surface area contributed by atoms with Gasteiger partial charge in [-0.3, -0.25) is 9.59 Å². The fourth-order valence-corrected chi connectivity index (χ4v) is 3.69. The largest absolute Gasteiger partial charge is 0.471 e. The highest BCUT2D eigenvalue weighted by atomic mass is 35.5. The molecular weight excluding hydrogens is 452 g/mol. The van der Waals surface area contributed by atoms with E-state index in [0.29, 0.717) is 16.6 Å². The molecule has 2 N–H and O–H groups in total. The van der Waals surface area contributed by atoms with Crippen LogP contribution in [0.2, 0.25) is 5.15 Å². The molecule has 32 heavy (non-hydrogen) atoms. The standard InChI is InChI=1S/C21H17ClF4N4O2/c1-11(27-18(31)20(8-9-20)28-19(32)21(24,25)26)13-7-6-12(10-15(13)23)30-16-5-3-2-4-14(16)17(22)29-30/h2-7,10-11H,8-9H2,1H3,(H,27,31)(H,28,32)/t11-/m1/s1. The first-order chi connectivity index (χ1) is 15.0. The van der Waals surface area contributed by atoms with E-state index < -0.39 is 35.4 Å². The van der Waals surface area contributed by atoms with Crippen LogP contribution in [-0.4, -0.2) is 33.3 Å². The average molecular weight is 469 g/mol. The Hall–Kier alpha value is -3.14. The fourth-order valence-electron chi connectivity index (χ4n) is 3.46. The van der Waals surface area contributed by atoms with E-state index in [4.69, 9.17) is 11.6 Å². The highest BCUT2D eigenvalue weighted by Gasteiger charge is 2.55. The number of nitrogens with one attached hydrogen (secondary N) is 2. The Morgan fingerprint density at radius 1 is 1.19 bits per heavy atom. The van der Waals surface area contributed by atoms with Gasteiger partial charge in [-0.25, -0.2) is 9.07 Å². The molecule has 0 aliphatic heterocycles. The molecule has 0 saturated heterocycles. The summed E-state index contributed by atoms with van der Waals surface area (Å²) in [5.74, 6) is -3.62. The van der Waals surface area contributed by atoms with E-state index >= 15 is 0 Å². The Morgan fingerprint density at radius 2 is 1.88 bits per heavy atom. The minimum absolute atomic E-state index is 0.0714. The number of fused-ring (bicyclic) bond motifs is 1. The molecule has 0 unspecified atom stereocenters. The molecule has 1 aliphatic rings. The van der Waals surface area contributed by atoms with Gasteiger partial charge in [0.25, 0.3) is 0 Å². The molecule has 1 aromatic heterocycles. The molecule has 6 nitrogen and oxygen atoms in total. The van der Waals surface area contributed by atoms with Crippen LogP contribution in [0.15, 0.2) is 42.5 Å². The summed E-state index contributed by atoms with van der Waals surface area (Å²) in [6.45, 7) is 1.50. The molecule has 1 saturated carbocycles. The molecule has 2 amide bonds. The summed E-state index contributed by atoms with van der Waals surface area (Å²) in [7, 11) is 0. The third kappa shape index (κ3) is 4.02. The Bertz CT molecular complexity index is 1220. The van der Waals surface area contributed by atoms with Gasteiger partial charge in [0.2, 0.25) is 5.91 Å². The topological polar surface area (TPSA) is 76.0 Å². The molecule has 0 spiro atoms. The fraction of sp³-hybridized carbons (Fsp3) is 0.286. The number of hydrogen-bond donors (Lipinski definition) is 2. The number of alkyl halides is 3. The zero-order valence-corrected chi connectivity index (χ0v) is 17.4. The molecule has 0 radical (unpaired) electrons. The quantitative estimate of drug-likeness (QED) is 0.551. The number of halogens is 5. The van der Waals surface area contributed by atoms with Gasteiger partial charge in [0, 0.05) is 10.9 Å². The van der Waals surface area contributed by atoms with Crippen LogP contribution in [0.5, 0.6) is 0 Å². The van der Waals surface area contributed by atoms with Gasteiger partial charge in [0.1, 0.15) is 11.4 Å². The maximum Gasteiger partial charge on any atom is 0.471 e. The minimum atomic E-state index is -5.09. The number of para-hydroxylation sites is 1. The van der Waals surface area contributed by atoms with Gasteiger partial charge in [-0.1, -0.05) is 29.8 Å². The molecule has 3 aromatic rings. The van der Waals surface area contributed by atoms with E-state index in [2.05, 4.69) is 10.4 Å². The van der Waals surface area contributed by atoms with E-state index in [-0.39, 0.29) is 23.6 Å². The van der Waals surface area contributed by atoms with Crippen LogP contribution in [0.3, 0.4) is 0 Å². The number of aromatic nitrogens is 2. The van der Waals surface area contributed by atoms with E-state index in [1.807, 2.05) is 0 Å². The van der Waals surface area contributed by atoms with Crippen molar-refractivity contribution in [3.05, 3.63) is 59.0 Å². The smallest absolute Gasteiger partial charge is 0.347 e. The van der Waals surface area contributed by atoms with Crippen LogP contribution in [0.4, 0.5) is 17.6 Å². The van der Waals surface area contributed by atoms with Gasteiger partial charge in [0.15, 0.2) is 5.15 Å².